The number of amides is 2. The molecule has 150 valence electrons. The Labute approximate surface area is 174 Å². The van der Waals surface area contributed by atoms with Crippen LogP contribution in [-0.4, -0.2) is 29.9 Å². The first-order chi connectivity index (χ1) is 13.9. The second kappa shape index (κ2) is 8.89. The lowest BCUT2D eigenvalue weighted by Crippen LogP contribution is -2.16. The summed E-state index contributed by atoms with van der Waals surface area (Å²) in [7, 11) is 1.27. The quantitative estimate of drug-likeness (QED) is 0.570. The van der Waals surface area contributed by atoms with E-state index < -0.39 is 5.97 Å². The predicted octanol–water partition coefficient (Wildman–Crippen LogP) is 3.92. The zero-order chi connectivity index (χ0) is 21.0. The number of benzene rings is 1. The topological polar surface area (TPSA) is 111 Å². The van der Waals surface area contributed by atoms with Crippen LogP contribution in [0.5, 0.6) is 0 Å². The first-order valence-corrected chi connectivity index (χ1v) is 9.60. The monoisotopic (exact) mass is 433 g/mol. The molecule has 0 radical (unpaired) electrons. The molecule has 8 nitrogen and oxygen atoms in total. The Morgan fingerprint density at radius 2 is 2.03 bits per heavy atom. The van der Waals surface area contributed by atoms with Crippen molar-refractivity contribution >= 4 is 51.5 Å². The van der Waals surface area contributed by atoms with Gasteiger partial charge in [0, 0.05) is 5.38 Å². The fourth-order valence-corrected chi connectivity index (χ4v) is 3.33. The summed E-state index contributed by atoms with van der Waals surface area (Å²) in [6.45, 7) is 1.69. The average Bonchev–Trinajstić information content (AvgIpc) is 3.31. The average molecular weight is 434 g/mol. The maximum atomic E-state index is 12.3. The number of aromatic nitrogens is 1. The fraction of sp³-hybridized carbons (Fsp3) is 0.158. The number of esters is 1. The van der Waals surface area contributed by atoms with E-state index in [1.165, 1.54) is 42.9 Å². The highest BCUT2D eigenvalue weighted by Gasteiger charge is 2.15. The summed E-state index contributed by atoms with van der Waals surface area (Å²) in [5.41, 5.74) is 1.45. The summed E-state index contributed by atoms with van der Waals surface area (Å²) in [6, 6.07) is 6.00. The number of nitrogens with one attached hydrogen (secondary N) is 2. The number of furan rings is 1. The van der Waals surface area contributed by atoms with E-state index in [0.29, 0.717) is 27.8 Å². The van der Waals surface area contributed by atoms with Crippen LogP contribution in [0.4, 0.5) is 10.8 Å². The van der Waals surface area contributed by atoms with Crippen LogP contribution in [0, 0.1) is 6.92 Å². The number of nitrogens with zero attached hydrogens (tertiary/aromatic N) is 1. The zero-order valence-electron chi connectivity index (χ0n) is 15.4. The third-order valence-electron chi connectivity index (χ3n) is 3.88. The lowest BCUT2D eigenvalue weighted by atomic mass is 10.2. The minimum absolute atomic E-state index is 0.0319. The molecule has 29 heavy (non-hydrogen) atoms. The molecule has 0 spiro atoms. The molecule has 0 atom stereocenters. The Kier molecular flexibility index (Phi) is 6.30. The lowest BCUT2D eigenvalue weighted by Gasteiger charge is -2.08. The minimum Gasteiger partial charge on any atom is -0.469 e. The van der Waals surface area contributed by atoms with E-state index in [2.05, 4.69) is 20.4 Å². The van der Waals surface area contributed by atoms with Crippen molar-refractivity contribution in [1.82, 2.24) is 4.98 Å². The van der Waals surface area contributed by atoms with Crippen LogP contribution in [0.3, 0.4) is 0 Å². The van der Waals surface area contributed by atoms with Gasteiger partial charge in [0.1, 0.15) is 5.76 Å². The molecule has 2 N–H and O–H groups in total. The second-order valence-corrected chi connectivity index (χ2v) is 7.17. The van der Waals surface area contributed by atoms with Gasteiger partial charge in [0.25, 0.3) is 5.91 Å². The Balaban J connectivity index is 1.63. The van der Waals surface area contributed by atoms with Crippen molar-refractivity contribution in [2.24, 2.45) is 0 Å². The first kappa shape index (κ1) is 20.6. The van der Waals surface area contributed by atoms with Crippen LogP contribution in [0.1, 0.15) is 32.2 Å². The van der Waals surface area contributed by atoms with Crippen LogP contribution in [0.2, 0.25) is 5.02 Å². The molecular weight excluding hydrogens is 418 g/mol. The van der Waals surface area contributed by atoms with Crippen molar-refractivity contribution in [3.63, 3.8) is 0 Å². The SMILES string of the molecule is COC(=O)c1ccc(Cl)c(NC(=O)Cc2csc(NC(=O)c3ccoc3C)n2)c1. The number of thiazole rings is 1. The molecule has 1 aromatic carbocycles. The molecule has 0 fully saturated rings. The lowest BCUT2D eigenvalue weighted by molar-refractivity contribution is -0.115. The fourth-order valence-electron chi connectivity index (χ4n) is 2.46. The molecule has 0 aliphatic rings. The summed E-state index contributed by atoms with van der Waals surface area (Å²) < 4.78 is 9.76. The maximum Gasteiger partial charge on any atom is 0.337 e. The summed E-state index contributed by atoms with van der Waals surface area (Å²) >= 11 is 7.28. The van der Waals surface area contributed by atoms with Crippen LogP contribution in [-0.2, 0) is 16.0 Å². The van der Waals surface area contributed by atoms with E-state index in [0.717, 1.165) is 0 Å². The van der Waals surface area contributed by atoms with Gasteiger partial charge in [-0.2, -0.15) is 0 Å². The largest absolute Gasteiger partial charge is 0.469 e. The van der Waals surface area contributed by atoms with Gasteiger partial charge in [-0.25, -0.2) is 9.78 Å². The highest BCUT2D eigenvalue weighted by Crippen LogP contribution is 2.24. The number of halogens is 1. The van der Waals surface area contributed by atoms with E-state index in [1.807, 2.05) is 0 Å². The molecule has 10 heteroatoms. The number of carbonyl (C=O) groups is 3. The highest BCUT2D eigenvalue weighted by molar-refractivity contribution is 7.14. The molecule has 0 bridgehead atoms. The molecule has 3 rings (SSSR count). The van der Waals surface area contributed by atoms with Gasteiger partial charge in [0.2, 0.25) is 5.91 Å². The molecule has 2 amide bonds. The number of aryl methyl sites for hydroxylation is 1. The van der Waals surface area contributed by atoms with Crippen molar-refractivity contribution in [3.8, 4) is 0 Å². The molecule has 0 unspecified atom stereocenters. The normalized spacial score (nSPS) is 10.4. The summed E-state index contributed by atoms with van der Waals surface area (Å²) in [6.07, 6.45) is 1.40. The second-order valence-electron chi connectivity index (χ2n) is 5.90. The first-order valence-electron chi connectivity index (χ1n) is 8.35. The van der Waals surface area contributed by atoms with E-state index in [4.69, 9.17) is 16.0 Å². The number of hydrogen-bond acceptors (Lipinski definition) is 7. The molecule has 0 aliphatic heterocycles. The van der Waals surface area contributed by atoms with Crippen molar-refractivity contribution in [2.75, 3.05) is 17.7 Å². The number of anilines is 2. The number of methoxy groups -OCH3 is 1. The van der Waals surface area contributed by atoms with Gasteiger partial charge >= 0.3 is 5.97 Å². The van der Waals surface area contributed by atoms with Gasteiger partial charge < -0.3 is 14.5 Å². The summed E-state index contributed by atoms with van der Waals surface area (Å²) in [5.74, 6) is -0.745. The van der Waals surface area contributed by atoms with Gasteiger partial charge in [0.05, 0.1) is 47.3 Å². The van der Waals surface area contributed by atoms with Crippen LogP contribution >= 0.6 is 22.9 Å². The summed E-state index contributed by atoms with van der Waals surface area (Å²) in [5, 5.41) is 7.63. The number of hydrogen-bond donors (Lipinski definition) is 2. The van der Waals surface area contributed by atoms with E-state index in [-0.39, 0.29) is 28.8 Å². The third kappa shape index (κ3) is 5.01. The van der Waals surface area contributed by atoms with Crippen LogP contribution in [0.15, 0.2) is 40.3 Å². The van der Waals surface area contributed by atoms with Crippen LogP contribution in [0.25, 0.3) is 0 Å². The predicted molar refractivity (Wildman–Crippen MR) is 109 cm³/mol. The van der Waals surface area contributed by atoms with E-state index in [9.17, 15) is 14.4 Å². The van der Waals surface area contributed by atoms with Gasteiger partial charge in [-0.1, -0.05) is 11.6 Å². The molecule has 0 aliphatic carbocycles. The Morgan fingerprint density at radius 1 is 1.24 bits per heavy atom. The molecular formula is C19H16ClN3O5S. The standard InChI is InChI=1S/C19H16ClN3O5S/c1-10-13(5-6-28-10)17(25)23-19-21-12(9-29-19)8-16(24)22-15-7-11(18(26)27-2)3-4-14(15)20/h3-7,9H,8H2,1-2H3,(H,22,24)(H,21,23,25). The molecule has 0 saturated heterocycles. The zero-order valence-corrected chi connectivity index (χ0v) is 17.0. The minimum atomic E-state index is -0.537. The molecule has 2 heterocycles. The maximum absolute atomic E-state index is 12.3. The van der Waals surface area contributed by atoms with Crippen molar-refractivity contribution in [1.29, 1.82) is 0 Å². The Hall–Kier alpha value is -3.17. The van der Waals surface area contributed by atoms with E-state index in [1.54, 1.807) is 18.4 Å². The van der Waals surface area contributed by atoms with Crippen molar-refractivity contribution < 1.29 is 23.5 Å². The molecule has 3 aromatic rings. The van der Waals surface area contributed by atoms with Gasteiger partial charge in [-0.15, -0.1) is 11.3 Å². The van der Waals surface area contributed by atoms with Crippen molar-refractivity contribution in [2.45, 2.75) is 13.3 Å². The van der Waals surface area contributed by atoms with Gasteiger partial charge in [-0.3, -0.25) is 14.9 Å². The Morgan fingerprint density at radius 3 is 2.72 bits per heavy atom. The number of rotatable bonds is 6. The summed E-state index contributed by atoms with van der Waals surface area (Å²) in [4.78, 5) is 40.4. The van der Waals surface area contributed by atoms with Gasteiger partial charge in [0.15, 0.2) is 5.13 Å². The molecule has 0 saturated carbocycles. The number of ether oxygens (including phenoxy) is 1. The number of carbonyl (C=O) groups excluding carboxylic acids is 3. The van der Waals surface area contributed by atoms with Crippen LogP contribution < -0.4 is 10.6 Å². The Bertz CT molecular complexity index is 1080. The smallest absolute Gasteiger partial charge is 0.337 e. The third-order valence-corrected chi connectivity index (χ3v) is 5.02. The highest BCUT2D eigenvalue weighted by atomic mass is 35.5. The van der Waals surface area contributed by atoms with Gasteiger partial charge in [-0.05, 0) is 31.2 Å². The van der Waals surface area contributed by atoms with E-state index >= 15 is 0 Å². The molecule has 2 aromatic heterocycles. The van der Waals surface area contributed by atoms with Crippen molar-refractivity contribution in [3.05, 3.63) is 63.5 Å².